The van der Waals surface area contributed by atoms with E-state index in [1.165, 1.54) is 0 Å². The molecule has 0 saturated carbocycles. The van der Waals surface area contributed by atoms with Gasteiger partial charge in [-0.1, -0.05) is 30.5 Å². The summed E-state index contributed by atoms with van der Waals surface area (Å²) in [6.07, 6.45) is 5.65. The molecule has 0 aliphatic carbocycles. The predicted molar refractivity (Wildman–Crippen MR) is 163 cm³/mol. The van der Waals surface area contributed by atoms with Crippen molar-refractivity contribution in [1.29, 1.82) is 0 Å². The van der Waals surface area contributed by atoms with Gasteiger partial charge in [0.05, 0.1) is 15.1 Å². The lowest BCUT2D eigenvalue weighted by molar-refractivity contribution is -0.135. The molecule has 0 radical (unpaired) electrons. The van der Waals surface area contributed by atoms with Gasteiger partial charge >= 0.3 is 0 Å². The van der Waals surface area contributed by atoms with Gasteiger partial charge in [-0.05, 0) is 96.9 Å². The van der Waals surface area contributed by atoms with Crippen LogP contribution in [0.25, 0.3) is 6.08 Å². The molecule has 2 saturated heterocycles. The summed E-state index contributed by atoms with van der Waals surface area (Å²) >= 11 is 2.90. The number of hydrogen-bond acceptors (Lipinski definition) is 7. The smallest absolute Gasteiger partial charge is 0.294 e. The average molecular weight is 678 g/mol. The summed E-state index contributed by atoms with van der Waals surface area (Å²) in [5, 5.41) is 2.34. The fraction of sp³-hybridized carbons (Fsp3) is 0.379. The first kappa shape index (κ1) is 29.9. The number of nitrogens with zero attached hydrogens (tertiary/aromatic N) is 2. The van der Waals surface area contributed by atoms with Crippen molar-refractivity contribution in [2.24, 2.45) is 0 Å². The van der Waals surface area contributed by atoms with Gasteiger partial charge in [0.2, 0.25) is 5.91 Å². The number of likely N-dealkylation sites (tertiary alicyclic amines) is 1. The van der Waals surface area contributed by atoms with E-state index in [4.69, 9.17) is 9.47 Å². The maximum atomic E-state index is 13.1. The van der Waals surface area contributed by atoms with Gasteiger partial charge in [-0.15, -0.1) is 0 Å². The summed E-state index contributed by atoms with van der Waals surface area (Å²) in [6.45, 7) is 5.02. The number of imide groups is 1. The van der Waals surface area contributed by atoms with Crippen LogP contribution in [0.4, 0.5) is 10.5 Å². The summed E-state index contributed by atoms with van der Waals surface area (Å²) in [5.74, 6) is -0.172. The number of anilines is 1. The highest BCUT2D eigenvalue weighted by atomic mass is 127. The van der Waals surface area contributed by atoms with E-state index < -0.39 is 11.1 Å². The second-order valence-corrected chi connectivity index (χ2v) is 11.7. The second kappa shape index (κ2) is 14.0. The number of ether oxygens (including phenoxy) is 2. The maximum absolute atomic E-state index is 13.1. The van der Waals surface area contributed by atoms with Gasteiger partial charge < -0.3 is 19.7 Å². The molecule has 0 unspecified atom stereocenters. The van der Waals surface area contributed by atoms with E-state index in [-0.39, 0.29) is 29.9 Å². The molecule has 40 heavy (non-hydrogen) atoms. The highest BCUT2D eigenvalue weighted by Gasteiger charge is 2.37. The third-order valence-corrected chi connectivity index (χ3v) is 8.15. The molecular formula is C29H32IN3O6S. The number of nitrogens with one attached hydrogen (secondary N) is 1. The summed E-state index contributed by atoms with van der Waals surface area (Å²) in [6, 6.07) is 11.0. The monoisotopic (exact) mass is 677 g/mol. The van der Waals surface area contributed by atoms with Gasteiger partial charge in [0.15, 0.2) is 18.1 Å². The van der Waals surface area contributed by atoms with Crippen LogP contribution in [-0.4, -0.2) is 65.6 Å². The Bertz CT molecular complexity index is 1310. The standard InChI is InChI=1S/C29H32IN3O6S/c1-3-38-23-15-20(14-22(30)27(23)39-18-25(34)31-21-10-8-19(2)9-11-21)16-24-28(36)33(29(37)40-24)17-26(35)32-12-6-4-5-7-13-32/h8-11,14-16H,3-7,12-13,17-18H2,1-2H3,(H,31,34). The molecule has 212 valence electrons. The molecule has 2 fully saturated rings. The number of amides is 4. The van der Waals surface area contributed by atoms with E-state index in [2.05, 4.69) is 27.9 Å². The minimum Gasteiger partial charge on any atom is -0.490 e. The van der Waals surface area contributed by atoms with Gasteiger partial charge in [-0.25, -0.2) is 0 Å². The molecule has 9 nitrogen and oxygen atoms in total. The van der Waals surface area contributed by atoms with E-state index in [9.17, 15) is 19.2 Å². The van der Waals surface area contributed by atoms with Gasteiger partial charge in [-0.2, -0.15) is 0 Å². The van der Waals surface area contributed by atoms with Crippen molar-refractivity contribution in [3.63, 3.8) is 0 Å². The first-order valence-electron chi connectivity index (χ1n) is 13.2. The van der Waals surface area contributed by atoms with Crippen LogP contribution in [0.3, 0.4) is 0 Å². The zero-order valence-electron chi connectivity index (χ0n) is 22.5. The number of thioether (sulfide) groups is 1. The number of aryl methyl sites for hydroxylation is 1. The Morgan fingerprint density at radius 1 is 1.05 bits per heavy atom. The Morgan fingerprint density at radius 3 is 2.42 bits per heavy atom. The van der Waals surface area contributed by atoms with E-state index in [1.807, 2.05) is 38.1 Å². The van der Waals surface area contributed by atoms with Gasteiger partial charge in [0, 0.05) is 18.8 Å². The highest BCUT2D eigenvalue weighted by molar-refractivity contribution is 14.1. The summed E-state index contributed by atoms with van der Waals surface area (Å²) in [5.41, 5.74) is 2.40. The molecule has 2 aromatic rings. The zero-order chi connectivity index (χ0) is 28.6. The lowest BCUT2D eigenvalue weighted by atomic mass is 10.2. The largest absolute Gasteiger partial charge is 0.490 e. The molecule has 4 amide bonds. The van der Waals surface area contributed by atoms with Crippen LogP contribution in [0.2, 0.25) is 0 Å². The molecule has 2 aliphatic heterocycles. The minimum absolute atomic E-state index is 0.202. The molecule has 2 aliphatic rings. The third kappa shape index (κ3) is 7.78. The van der Waals surface area contributed by atoms with Gasteiger partial charge in [0.1, 0.15) is 6.54 Å². The fourth-order valence-corrected chi connectivity index (χ4v) is 6.01. The molecule has 0 bridgehead atoms. The van der Waals surface area contributed by atoms with Crippen LogP contribution >= 0.6 is 34.4 Å². The number of hydrogen-bond donors (Lipinski definition) is 1. The molecule has 0 aromatic heterocycles. The zero-order valence-corrected chi connectivity index (χ0v) is 25.5. The Labute approximate surface area is 251 Å². The normalized spacial score (nSPS) is 16.7. The first-order chi connectivity index (χ1) is 19.2. The van der Waals surface area contributed by atoms with Crippen molar-refractivity contribution in [2.45, 2.75) is 39.5 Å². The number of rotatable bonds is 9. The van der Waals surface area contributed by atoms with E-state index in [1.54, 1.807) is 23.1 Å². The van der Waals surface area contributed by atoms with Crippen LogP contribution in [0.1, 0.15) is 43.7 Å². The molecule has 2 heterocycles. The molecular weight excluding hydrogens is 645 g/mol. The highest BCUT2D eigenvalue weighted by Crippen LogP contribution is 2.37. The third-order valence-electron chi connectivity index (χ3n) is 6.44. The molecule has 1 N–H and O–H groups in total. The van der Waals surface area contributed by atoms with Crippen molar-refractivity contribution in [3.05, 3.63) is 56.0 Å². The number of benzene rings is 2. The van der Waals surface area contributed by atoms with Crippen molar-refractivity contribution >= 4 is 69.1 Å². The van der Waals surface area contributed by atoms with E-state index >= 15 is 0 Å². The summed E-state index contributed by atoms with van der Waals surface area (Å²) in [7, 11) is 0. The average Bonchev–Trinajstić information content (AvgIpc) is 3.10. The van der Waals surface area contributed by atoms with Crippen molar-refractivity contribution in [3.8, 4) is 11.5 Å². The van der Waals surface area contributed by atoms with Gasteiger partial charge in [0.25, 0.3) is 17.1 Å². The van der Waals surface area contributed by atoms with Crippen LogP contribution < -0.4 is 14.8 Å². The minimum atomic E-state index is -0.487. The number of carbonyl (C=O) groups is 4. The van der Waals surface area contributed by atoms with Crippen LogP contribution in [-0.2, 0) is 14.4 Å². The molecule has 4 rings (SSSR count). The maximum Gasteiger partial charge on any atom is 0.294 e. The first-order valence-corrected chi connectivity index (χ1v) is 15.1. The quantitative estimate of drug-likeness (QED) is 0.278. The Kier molecular flexibility index (Phi) is 10.5. The van der Waals surface area contributed by atoms with Crippen LogP contribution in [0, 0.1) is 10.5 Å². The fourth-order valence-electron chi connectivity index (χ4n) is 4.39. The van der Waals surface area contributed by atoms with Crippen molar-refractivity contribution in [1.82, 2.24) is 9.80 Å². The van der Waals surface area contributed by atoms with Crippen molar-refractivity contribution in [2.75, 3.05) is 38.2 Å². The lowest BCUT2D eigenvalue weighted by Gasteiger charge is -2.22. The Balaban J connectivity index is 1.44. The van der Waals surface area contributed by atoms with E-state index in [0.717, 1.165) is 47.9 Å². The molecule has 0 spiro atoms. The van der Waals surface area contributed by atoms with Crippen LogP contribution in [0.15, 0.2) is 41.3 Å². The summed E-state index contributed by atoms with van der Waals surface area (Å²) in [4.78, 5) is 53.9. The van der Waals surface area contributed by atoms with Gasteiger partial charge in [-0.3, -0.25) is 24.1 Å². The van der Waals surface area contributed by atoms with Crippen molar-refractivity contribution < 1.29 is 28.7 Å². The van der Waals surface area contributed by atoms with Crippen LogP contribution in [0.5, 0.6) is 11.5 Å². The second-order valence-electron chi connectivity index (χ2n) is 9.53. The topological polar surface area (TPSA) is 105 Å². The van der Waals surface area contributed by atoms with E-state index in [0.29, 0.717) is 46.0 Å². The molecule has 2 aromatic carbocycles. The summed E-state index contributed by atoms with van der Waals surface area (Å²) < 4.78 is 12.3. The lowest BCUT2D eigenvalue weighted by Crippen LogP contribution is -2.42. The predicted octanol–water partition coefficient (Wildman–Crippen LogP) is 5.45. The number of carbonyl (C=O) groups excluding carboxylic acids is 4. The Hall–Kier alpha value is -3.06. The molecule has 0 atom stereocenters. The molecule has 11 heteroatoms. The SMILES string of the molecule is CCOc1cc(C=C2SC(=O)N(CC(=O)N3CCCCCC3)C2=O)cc(I)c1OCC(=O)Nc1ccc(C)cc1. The number of halogens is 1. The Morgan fingerprint density at radius 2 is 1.75 bits per heavy atom.